The molecule has 0 aliphatic carbocycles. The van der Waals surface area contributed by atoms with Crippen LogP contribution in [0, 0.1) is 0 Å². The minimum atomic E-state index is -0.879. The fraction of sp³-hybridized carbons (Fsp3) is 0.200. The van der Waals surface area contributed by atoms with E-state index >= 15 is 0 Å². The SMILES string of the molecule is CC(C)NC(=O)C(=O)N/N=C\c1ccccc1OCC(=O)Nc1ccc(Cl)cc1. The van der Waals surface area contributed by atoms with E-state index in [1.165, 1.54) is 6.21 Å². The van der Waals surface area contributed by atoms with E-state index in [-0.39, 0.29) is 18.6 Å². The lowest BCUT2D eigenvalue weighted by atomic mass is 10.2. The largest absolute Gasteiger partial charge is 0.483 e. The zero-order chi connectivity index (χ0) is 21.2. The first-order valence-corrected chi connectivity index (χ1v) is 9.14. The van der Waals surface area contributed by atoms with E-state index < -0.39 is 11.8 Å². The van der Waals surface area contributed by atoms with Crippen LogP contribution in [0.5, 0.6) is 5.75 Å². The molecular formula is C20H21ClN4O4. The Labute approximate surface area is 173 Å². The van der Waals surface area contributed by atoms with E-state index in [4.69, 9.17) is 16.3 Å². The highest BCUT2D eigenvalue weighted by molar-refractivity contribution is 6.35. The summed E-state index contributed by atoms with van der Waals surface area (Å²) in [6.07, 6.45) is 1.33. The molecule has 0 spiro atoms. The van der Waals surface area contributed by atoms with Crippen molar-refractivity contribution in [3.8, 4) is 5.75 Å². The maximum absolute atomic E-state index is 12.0. The number of halogens is 1. The van der Waals surface area contributed by atoms with Gasteiger partial charge in [0, 0.05) is 22.3 Å². The van der Waals surface area contributed by atoms with Crippen molar-refractivity contribution in [2.75, 3.05) is 11.9 Å². The summed E-state index contributed by atoms with van der Waals surface area (Å²) in [6.45, 7) is 3.26. The lowest BCUT2D eigenvalue weighted by Gasteiger charge is -2.10. The van der Waals surface area contributed by atoms with Gasteiger partial charge < -0.3 is 15.4 Å². The van der Waals surface area contributed by atoms with Gasteiger partial charge in [0.1, 0.15) is 5.75 Å². The van der Waals surface area contributed by atoms with Crippen molar-refractivity contribution in [3.63, 3.8) is 0 Å². The predicted molar refractivity (Wildman–Crippen MR) is 111 cm³/mol. The van der Waals surface area contributed by atoms with Gasteiger partial charge in [0.15, 0.2) is 6.61 Å². The van der Waals surface area contributed by atoms with Crippen LogP contribution in [-0.2, 0) is 14.4 Å². The molecule has 29 heavy (non-hydrogen) atoms. The van der Waals surface area contributed by atoms with Gasteiger partial charge >= 0.3 is 11.8 Å². The first-order chi connectivity index (χ1) is 13.8. The third-order valence-corrected chi connectivity index (χ3v) is 3.65. The topological polar surface area (TPSA) is 109 Å². The van der Waals surface area contributed by atoms with Crippen molar-refractivity contribution in [2.24, 2.45) is 5.10 Å². The van der Waals surface area contributed by atoms with Crippen LogP contribution in [0.15, 0.2) is 53.6 Å². The number of amides is 3. The van der Waals surface area contributed by atoms with E-state index in [9.17, 15) is 14.4 Å². The van der Waals surface area contributed by atoms with Gasteiger partial charge in [-0.2, -0.15) is 5.10 Å². The van der Waals surface area contributed by atoms with Gasteiger partial charge in [0.25, 0.3) is 5.91 Å². The molecule has 3 N–H and O–H groups in total. The molecule has 2 aromatic rings. The Morgan fingerprint density at radius 2 is 1.76 bits per heavy atom. The Kier molecular flexibility index (Phi) is 8.17. The molecule has 0 aromatic heterocycles. The molecule has 0 heterocycles. The van der Waals surface area contributed by atoms with E-state index in [0.29, 0.717) is 22.0 Å². The maximum atomic E-state index is 12.0. The summed E-state index contributed by atoms with van der Waals surface area (Å²) in [7, 11) is 0. The predicted octanol–water partition coefficient (Wildman–Crippen LogP) is 2.33. The number of anilines is 1. The average molecular weight is 417 g/mol. The highest BCUT2D eigenvalue weighted by Gasteiger charge is 2.13. The molecule has 0 saturated heterocycles. The van der Waals surface area contributed by atoms with E-state index in [1.54, 1.807) is 62.4 Å². The number of para-hydroxylation sites is 1. The van der Waals surface area contributed by atoms with Gasteiger partial charge in [-0.05, 0) is 50.2 Å². The van der Waals surface area contributed by atoms with Gasteiger partial charge in [-0.25, -0.2) is 5.43 Å². The second kappa shape index (κ2) is 10.8. The smallest absolute Gasteiger partial charge is 0.329 e. The number of nitrogens with one attached hydrogen (secondary N) is 3. The van der Waals surface area contributed by atoms with Crippen LogP contribution in [0.1, 0.15) is 19.4 Å². The number of hydrogen-bond acceptors (Lipinski definition) is 5. The number of nitrogens with zero attached hydrogens (tertiary/aromatic N) is 1. The number of ether oxygens (including phenoxy) is 1. The minimum absolute atomic E-state index is 0.162. The summed E-state index contributed by atoms with van der Waals surface area (Å²) in [4.78, 5) is 35.2. The summed E-state index contributed by atoms with van der Waals surface area (Å²) < 4.78 is 5.53. The number of carbonyl (C=O) groups excluding carboxylic acids is 3. The quantitative estimate of drug-likeness (QED) is 0.365. The molecule has 0 bridgehead atoms. The van der Waals surface area contributed by atoms with Crippen molar-refractivity contribution < 1.29 is 19.1 Å². The molecule has 3 amide bonds. The lowest BCUT2D eigenvalue weighted by molar-refractivity contribution is -0.139. The van der Waals surface area contributed by atoms with Gasteiger partial charge in [-0.15, -0.1) is 0 Å². The van der Waals surface area contributed by atoms with Crippen molar-refractivity contribution in [1.29, 1.82) is 0 Å². The molecular weight excluding hydrogens is 396 g/mol. The Morgan fingerprint density at radius 3 is 2.45 bits per heavy atom. The Balaban J connectivity index is 1.90. The molecule has 0 aliphatic rings. The van der Waals surface area contributed by atoms with Crippen LogP contribution in [0.2, 0.25) is 5.02 Å². The summed E-state index contributed by atoms with van der Waals surface area (Å²) in [5, 5.41) is 9.47. The van der Waals surface area contributed by atoms with Gasteiger partial charge in [0.05, 0.1) is 6.21 Å². The summed E-state index contributed by atoms with van der Waals surface area (Å²) >= 11 is 5.81. The van der Waals surface area contributed by atoms with Crippen molar-refractivity contribution in [2.45, 2.75) is 19.9 Å². The van der Waals surface area contributed by atoms with Crippen molar-refractivity contribution in [1.82, 2.24) is 10.7 Å². The minimum Gasteiger partial charge on any atom is -0.483 e. The molecule has 2 rings (SSSR count). The molecule has 0 aliphatic heterocycles. The van der Waals surface area contributed by atoms with Crippen LogP contribution in [0.4, 0.5) is 5.69 Å². The molecule has 0 fully saturated rings. The maximum Gasteiger partial charge on any atom is 0.329 e. The fourth-order valence-corrected chi connectivity index (χ4v) is 2.26. The number of hydrogen-bond donors (Lipinski definition) is 3. The van der Waals surface area contributed by atoms with Crippen molar-refractivity contribution >= 4 is 41.2 Å². The zero-order valence-corrected chi connectivity index (χ0v) is 16.7. The fourth-order valence-electron chi connectivity index (χ4n) is 2.13. The standard InChI is InChI=1S/C20H21ClN4O4/c1-13(2)23-19(27)20(28)25-22-11-14-5-3-4-6-17(14)29-12-18(26)24-16-9-7-15(21)8-10-16/h3-11,13H,12H2,1-2H3,(H,23,27)(H,24,26)(H,25,28)/b22-11-. The Bertz CT molecular complexity index is 898. The summed E-state index contributed by atoms with van der Waals surface area (Å²) in [6, 6.07) is 13.4. The van der Waals surface area contributed by atoms with Crippen LogP contribution < -0.4 is 20.8 Å². The zero-order valence-electron chi connectivity index (χ0n) is 15.9. The first kappa shape index (κ1) is 21.9. The highest BCUT2D eigenvalue weighted by atomic mass is 35.5. The second-order valence-corrected chi connectivity index (χ2v) is 6.65. The van der Waals surface area contributed by atoms with Gasteiger partial charge in [-0.1, -0.05) is 23.7 Å². The van der Waals surface area contributed by atoms with Crippen LogP contribution in [0.25, 0.3) is 0 Å². The highest BCUT2D eigenvalue weighted by Crippen LogP contribution is 2.16. The van der Waals surface area contributed by atoms with Crippen LogP contribution >= 0.6 is 11.6 Å². The molecule has 152 valence electrons. The number of hydrazone groups is 1. The van der Waals surface area contributed by atoms with Gasteiger partial charge in [-0.3, -0.25) is 14.4 Å². The molecule has 8 nitrogen and oxygen atoms in total. The summed E-state index contributed by atoms with van der Waals surface area (Å²) in [5.41, 5.74) is 3.26. The number of rotatable bonds is 7. The Hall–Kier alpha value is -3.39. The molecule has 2 aromatic carbocycles. The normalized spacial score (nSPS) is 10.6. The second-order valence-electron chi connectivity index (χ2n) is 6.21. The van der Waals surface area contributed by atoms with E-state index in [2.05, 4.69) is 21.2 Å². The molecule has 9 heteroatoms. The molecule has 0 unspecified atom stereocenters. The van der Waals surface area contributed by atoms with Crippen molar-refractivity contribution in [3.05, 3.63) is 59.1 Å². The van der Waals surface area contributed by atoms with Crippen LogP contribution in [-0.4, -0.2) is 36.6 Å². The van der Waals surface area contributed by atoms with E-state index in [1.807, 2.05) is 0 Å². The molecule has 0 atom stereocenters. The first-order valence-electron chi connectivity index (χ1n) is 8.76. The third kappa shape index (κ3) is 7.63. The van der Waals surface area contributed by atoms with Crippen LogP contribution in [0.3, 0.4) is 0 Å². The Morgan fingerprint density at radius 1 is 1.07 bits per heavy atom. The number of benzene rings is 2. The molecule has 0 saturated carbocycles. The molecule has 0 radical (unpaired) electrons. The van der Waals surface area contributed by atoms with Gasteiger partial charge in [0.2, 0.25) is 0 Å². The average Bonchev–Trinajstić information content (AvgIpc) is 2.68. The number of carbonyl (C=O) groups is 3. The monoisotopic (exact) mass is 416 g/mol. The third-order valence-electron chi connectivity index (χ3n) is 3.40. The lowest BCUT2D eigenvalue weighted by Crippen LogP contribution is -2.41. The summed E-state index contributed by atoms with van der Waals surface area (Å²) in [5.74, 6) is -1.61. The van der Waals surface area contributed by atoms with E-state index in [0.717, 1.165) is 0 Å².